The van der Waals surface area contributed by atoms with Crippen LogP contribution in [0, 0.1) is 11.3 Å². The highest BCUT2D eigenvalue weighted by Crippen LogP contribution is 2.37. The lowest BCUT2D eigenvalue weighted by atomic mass is 9.96. The number of amides is 1. The molecule has 1 aliphatic rings. The van der Waals surface area contributed by atoms with Crippen LogP contribution in [0.1, 0.15) is 28.8 Å². The summed E-state index contributed by atoms with van der Waals surface area (Å²) in [4.78, 5) is 31.1. The second-order valence-electron chi connectivity index (χ2n) is 5.34. The Morgan fingerprint density at radius 3 is 3.04 bits per heavy atom. The number of aryl methyl sites for hydroxylation is 1. The van der Waals surface area contributed by atoms with Gasteiger partial charge in [-0.3, -0.25) is 9.59 Å². The van der Waals surface area contributed by atoms with Gasteiger partial charge in [-0.25, -0.2) is 4.98 Å². The molecule has 2 aromatic rings. The van der Waals surface area contributed by atoms with Crippen molar-refractivity contribution in [1.82, 2.24) is 9.97 Å². The Hall–Kier alpha value is -2.31. The topological polar surface area (TPSA) is 125 Å². The molecule has 0 saturated carbocycles. The van der Waals surface area contributed by atoms with Gasteiger partial charge >= 0.3 is 0 Å². The van der Waals surface area contributed by atoms with Gasteiger partial charge < -0.3 is 16.0 Å². The first kappa shape index (κ1) is 16.5. The molecule has 2 heterocycles. The van der Waals surface area contributed by atoms with Gasteiger partial charge in [-0.05, 0) is 31.2 Å². The van der Waals surface area contributed by atoms with Gasteiger partial charge in [0.1, 0.15) is 16.9 Å². The molecule has 0 saturated heterocycles. The number of nitrogen functional groups attached to an aromatic ring is 1. The van der Waals surface area contributed by atoms with Crippen molar-refractivity contribution in [1.29, 1.82) is 5.26 Å². The van der Waals surface area contributed by atoms with Crippen LogP contribution in [-0.2, 0) is 17.6 Å². The Bertz CT molecular complexity index is 881. The molecule has 24 heavy (non-hydrogen) atoms. The van der Waals surface area contributed by atoms with Crippen molar-refractivity contribution < 1.29 is 4.79 Å². The Balaban J connectivity index is 1.68. The molecule has 0 fully saturated rings. The maximum atomic E-state index is 12.2. The quantitative estimate of drug-likeness (QED) is 0.564. The summed E-state index contributed by atoms with van der Waals surface area (Å²) >= 11 is 2.57. The number of rotatable bonds is 4. The van der Waals surface area contributed by atoms with E-state index in [2.05, 4.69) is 21.4 Å². The third-order valence-electron chi connectivity index (χ3n) is 3.62. The van der Waals surface area contributed by atoms with Crippen molar-refractivity contribution in [2.45, 2.75) is 30.8 Å². The van der Waals surface area contributed by atoms with Crippen LogP contribution in [0.25, 0.3) is 0 Å². The standard InChI is InChI=1S/C15H15N5O2S2/c16-6-9-8-3-1-2-4-10(8)24-14(9)19-13(22)7-23-15-18-11(17)5-12(21)20-15/h5H,1-4,7H2,(H,19,22)(H3,17,18,20,21). The van der Waals surface area contributed by atoms with Gasteiger partial charge in [0.05, 0.1) is 11.3 Å². The monoisotopic (exact) mass is 361 g/mol. The highest BCUT2D eigenvalue weighted by atomic mass is 32.2. The number of anilines is 2. The van der Waals surface area contributed by atoms with E-state index >= 15 is 0 Å². The van der Waals surface area contributed by atoms with Gasteiger partial charge in [0.2, 0.25) is 5.91 Å². The lowest BCUT2D eigenvalue weighted by Gasteiger charge is -2.09. The van der Waals surface area contributed by atoms with Crippen LogP contribution in [0.5, 0.6) is 0 Å². The SMILES string of the molecule is N#Cc1c(NC(=O)CSc2nc(N)cc(=O)[nH]2)sc2c1CCCC2. The average Bonchev–Trinajstić information content (AvgIpc) is 2.89. The number of nitrogens with one attached hydrogen (secondary N) is 2. The van der Waals surface area contributed by atoms with E-state index < -0.39 is 0 Å². The molecule has 4 N–H and O–H groups in total. The van der Waals surface area contributed by atoms with Crippen molar-refractivity contribution in [2.24, 2.45) is 0 Å². The minimum Gasteiger partial charge on any atom is -0.383 e. The molecular formula is C15H15N5O2S2. The second-order valence-corrected chi connectivity index (χ2v) is 7.41. The highest BCUT2D eigenvalue weighted by Gasteiger charge is 2.21. The summed E-state index contributed by atoms with van der Waals surface area (Å²) in [6.45, 7) is 0. The Morgan fingerprint density at radius 1 is 1.50 bits per heavy atom. The minimum atomic E-state index is -0.358. The first-order valence-electron chi connectivity index (χ1n) is 7.41. The van der Waals surface area contributed by atoms with E-state index in [9.17, 15) is 14.9 Å². The summed E-state index contributed by atoms with van der Waals surface area (Å²) in [6.07, 6.45) is 4.06. The van der Waals surface area contributed by atoms with Crippen molar-refractivity contribution >= 4 is 39.8 Å². The first-order chi connectivity index (χ1) is 11.6. The lowest BCUT2D eigenvalue weighted by molar-refractivity contribution is -0.113. The molecule has 0 aromatic carbocycles. The van der Waals surface area contributed by atoms with E-state index in [0.29, 0.717) is 15.7 Å². The van der Waals surface area contributed by atoms with Crippen molar-refractivity contribution in [3.05, 3.63) is 32.4 Å². The molecule has 9 heteroatoms. The molecule has 0 radical (unpaired) electrons. The number of thiophene rings is 1. The van der Waals surface area contributed by atoms with Crippen LogP contribution in [0.4, 0.5) is 10.8 Å². The zero-order valence-corrected chi connectivity index (χ0v) is 14.4. The molecule has 3 rings (SSSR count). The predicted molar refractivity (Wildman–Crippen MR) is 94.3 cm³/mol. The molecular weight excluding hydrogens is 346 g/mol. The van der Waals surface area contributed by atoms with Crippen LogP contribution >= 0.6 is 23.1 Å². The van der Waals surface area contributed by atoms with Gasteiger partial charge in [0.15, 0.2) is 5.16 Å². The molecule has 0 unspecified atom stereocenters. The molecule has 0 bridgehead atoms. The van der Waals surface area contributed by atoms with E-state index in [-0.39, 0.29) is 23.0 Å². The highest BCUT2D eigenvalue weighted by molar-refractivity contribution is 7.99. The molecule has 7 nitrogen and oxygen atoms in total. The fourth-order valence-electron chi connectivity index (χ4n) is 2.59. The number of hydrogen-bond acceptors (Lipinski definition) is 7. The average molecular weight is 361 g/mol. The number of nitrogens with zero attached hydrogens (tertiary/aromatic N) is 2. The Kier molecular flexibility index (Phi) is 4.87. The molecule has 1 aliphatic carbocycles. The third-order valence-corrected chi connectivity index (χ3v) is 5.70. The number of nitrogens with two attached hydrogens (primary N) is 1. The molecule has 124 valence electrons. The zero-order valence-electron chi connectivity index (χ0n) is 12.7. The van der Waals surface area contributed by atoms with Crippen molar-refractivity contribution in [2.75, 3.05) is 16.8 Å². The van der Waals surface area contributed by atoms with Gasteiger partial charge in [-0.2, -0.15) is 5.26 Å². The normalized spacial score (nSPS) is 13.1. The fraction of sp³-hybridized carbons (Fsp3) is 0.333. The summed E-state index contributed by atoms with van der Waals surface area (Å²) in [5.74, 6) is -0.0701. The van der Waals surface area contributed by atoms with Crippen molar-refractivity contribution in [3.63, 3.8) is 0 Å². The largest absolute Gasteiger partial charge is 0.383 e. The predicted octanol–water partition coefficient (Wildman–Crippen LogP) is 1.89. The first-order valence-corrected chi connectivity index (χ1v) is 9.21. The van der Waals surface area contributed by atoms with E-state index in [1.54, 1.807) is 0 Å². The molecule has 2 aromatic heterocycles. The number of aromatic amines is 1. The van der Waals surface area contributed by atoms with E-state index in [4.69, 9.17) is 5.73 Å². The fourth-order valence-corrected chi connectivity index (χ4v) is 4.53. The maximum Gasteiger partial charge on any atom is 0.253 e. The van der Waals surface area contributed by atoms with Crippen LogP contribution in [0.3, 0.4) is 0 Å². The number of fused-ring (bicyclic) bond motifs is 1. The van der Waals surface area contributed by atoms with Gasteiger partial charge in [-0.15, -0.1) is 11.3 Å². The smallest absolute Gasteiger partial charge is 0.253 e. The number of H-pyrrole nitrogens is 1. The Morgan fingerprint density at radius 2 is 2.29 bits per heavy atom. The van der Waals surface area contributed by atoms with Crippen LogP contribution < -0.4 is 16.6 Å². The number of nitriles is 1. The molecule has 0 aliphatic heterocycles. The second kappa shape index (κ2) is 7.07. The molecule has 1 amide bonds. The number of carbonyl (C=O) groups excluding carboxylic acids is 1. The number of hydrogen-bond donors (Lipinski definition) is 3. The van der Waals surface area contributed by atoms with Gasteiger partial charge in [-0.1, -0.05) is 11.8 Å². The molecule has 0 spiro atoms. The summed E-state index contributed by atoms with van der Waals surface area (Å²) in [5, 5.41) is 13.1. The minimum absolute atomic E-state index is 0.0693. The Labute approximate surface area is 146 Å². The third kappa shape index (κ3) is 3.60. The van der Waals surface area contributed by atoms with E-state index in [1.807, 2.05) is 0 Å². The number of thioether (sulfide) groups is 1. The summed E-state index contributed by atoms with van der Waals surface area (Å²) in [5.41, 5.74) is 6.81. The van der Waals surface area contributed by atoms with E-state index in [1.165, 1.54) is 22.3 Å². The van der Waals surface area contributed by atoms with Crippen LogP contribution in [0.15, 0.2) is 16.0 Å². The van der Waals surface area contributed by atoms with Crippen LogP contribution in [0.2, 0.25) is 0 Å². The van der Waals surface area contributed by atoms with Gasteiger partial charge in [0, 0.05) is 10.9 Å². The molecule has 0 atom stereocenters. The number of aromatic nitrogens is 2. The summed E-state index contributed by atoms with van der Waals surface area (Å²) < 4.78 is 0. The number of carbonyl (C=O) groups is 1. The summed E-state index contributed by atoms with van der Waals surface area (Å²) in [7, 11) is 0. The van der Waals surface area contributed by atoms with Crippen LogP contribution in [-0.4, -0.2) is 21.6 Å². The van der Waals surface area contributed by atoms with E-state index in [0.717, 1.165) is 43.0 Å². The van der Waals surface area contributed by atoms with Crippen molar-refractivity contribution in [3.8, 4) is 6.07 Å². The maximum absolute atomic E-state index is 12.2. The lowest BCUT2D eigenvalue weighted by Crippen LogP contribution is -2.15. The summed E-state index contributed by atoms with van der Waals surface area (Å²) in [6, 6.07) is 3.39. The zero-order chi connectivity index (χ0) is 17.1. The van der Waals surface area contributed by atoms with Gasteiger partial charge in [0.25, 0.3) is 5.56 Å².